The average Bonchev–Trinajstić information content (AvgIpc) is 2.74. The molecule has 0 spiro atoms. The van der Waals surface area contributed by atoms with E-state index in [0.29, 0.717) is 23.2 Å². The van der Waals surface area contributed by atoms with Crippen LogP contribution in [0, 0.1) is 0 Å². The van der Waals surface area contributed by atoms with Crippen LogP contribution in [0.5, 0.6) is 11.5 Å². The number of aryl methyl sites for hydroxylation is 1. The molecule has 3 aromatic rings. The first-order valence-corrected chi connectivity index (χ1v) is 9.54. The highest BCUT2D eigenvalue weighted by molar-refractivity contribution is 6.03. The van der Waals surface area contributed by atoms with E-state index in [0.717, 1.165) is 18.4 Å². The molecule has 0 fully saturated rings. The number of fused-ring (bicyclic) bond motifs is 1. The zero-order valence-electron chi connectivity index (χ0n) is 16.5. The maximum absolute atomic E-state index is 12.6. The third-order valence-corrected chi connectivity index (χ3v) is 4.57. The molecule has 3 rings (SSSR count). The Hall–Kier alpha value is -3.54. The summed E-state index contributed by atoms with van der Waals surface area (Å²) in [6, 6.07) is 14.5. The second kappa shape index (κ2) is 9.10. The fourth-order valence-electron chi connectivity index (χ4n) is 2.94. The Morgan fingerprint density at radius 3 is 2.69 bits per heavy atom. The smallest absolute Gasteiger partial charge is 0.297 e. The second-order valence-electron chi connectivity index (χ2n) is 6.71. The maximum Gasteiger partial charge on any atom is 0.297 e. The molecule has 1 heterocycles. The summed E-state index contributed by atoms with van der Waals surface area (Å²) in [5.74, 6) is -0.515. The number of pyridine rings is 1. The number of hydrogen-bond acceptors (Lipinski definition) is 4. The number of rotatable bonds is 7. The van der Waals surface area contributed by atoms with Crippen LogP contribution in [0.3, 0.4) is 0 Å². The first kappa shape index (κ1) is 20.2. The van der Waals surface area contributed by atoms with Gasteiger partial charge in [-0.25, -0.2) is 0 Å². The summed E-state index contributed by atoms with van der Waals surface area (Å²) in [7, 11) is 1.61. The number of benzene rings is 2. The zero-order chi connectivity index (χ0) is 20.8. The molecular formula is C23H24N2O4. The van der Waals surface area contributed by atoms with Crippen LogP contribution in [-0.2, 0) is 11.8 Å². The minimum Gasteiger partial charge on any atom is -0.504 e. The third-order valence-electron chi connectivity index (χ3n) is 4.57. The number of anilines is 1. The van der Waals surface area contributed by atoms with Crippen LogP contribution in [0.1, 0.15) is 25.3 Å². The Balaban J connectivity index is 1.85. The molecule has 6 heteroatoms. The molecule has 0 aliphatic carbocycles. The van der Waals surface area contributed by atoms with Gasteiger partial charge in [0, 0.05) is 24.2 Å². The van der Waals surface area contributed by atoms with Crippen LogP contribution in [0.15, 0.2) is 59.4 Å². The summed E-state index contributed by atoms with van der Waals surface area (Å²) in [4.78, 5) is 24.8. The van der Waals surface area contributed by atoms with Gasteiger partial charge in [0.15, 0.2) is 5.75 Å². The van der Waals surface area contributed by atoms with E-state index >= 15 is 0 Å². The zero-order valence-corrected chi connectivity index (χ0v) is 16.5. The van der Waals surface area contributed by atoms with Crippen molar-refractivity contribution in [2.24, 2.45) is 7.05 Å². The molecule has 0 bridgehead atoms. The van der Waals surface area contributed by atoms with Crippen LogP contribution in [0.25, 0.3) is 17.0 Å². The number of carbonyl (C=O) groups excluding carboxylic acids is 1. The SMILES string of the molecule is CCCCOc1c(O)c2ccc(NC(=O)/C=C/c3ccccc3)cc2n(C)c1=O. The minimum atomic E-state index is -0.418. The van der Waals surface area contributed by atoms with E-state index in [4.69, 9.17) is 4.74 Å². The van der Waals surface area contributed by atoms with E-state index in [1.165, 1.54) is 10.6 Å². The molecule has 0 radical (unpaired) electrons. The Kier molecular flexibility index (Phi) is 6.34. The Bertz CT molecular complexity index is 1100. The van der Waals surface area contributed by atoms with E-state index in [1.807, 2.05) is 37.3 Å². The first-order chi connectivity index (χ1) is 14.0. The van der Waals surface area contributed by atoms with E-state index in [-0.39, 0.29) is 17.4 Å². The van der Waals surface area contributed by atoms with Gasteiger partial charge >= 0.3 is 0 Å². The molecule has 1 amide bonds. The molecule has 0 aliphatic heterocycles. The number of aromatic nitrogens is 1. The molecule has 29 heavy (non-hydrogen) atoms. The normalized spacial score (nSPS) is 11.1. The standard InChI is InChI=1S/C23H24N2O4/c1-3-4-14-29-22-21(27)18-12-11-17(15-19(18)25(2)23(22)28)24-20(26)13-10-16-8-6-5-7-9-16/h5-13,15,27H,3-4,14H2,1-2H3,(H,24,26)/b13-10+. The van der Waals surface area contributed by atoms with Crippen molar-refractivity contribution in [2.45, 2.75) is 19.8 Å². The highest BCUT2D eigenvalue weighted by Crippen LogP contribution is 2.32. The van der Waals surface area contributed by atoms with Gasteiger partial charge in [0.05, 0.1) is 12.1 Å². The summed E-state index contributed by atoms with van der Waals surface area (Å²) in [5.41, 5.74) is 1.53. The predicted octanol–water partition coefficient (Wildman–Crippen LogP) is 4.07. The third kappa shape index (κ3) is 4.66. The lowest BCUT2D eigenvalue weighted by molar-refractivity contribution is -0.111. The van der Waals surface area contributed by atoms with E-state index in [1.54, 1.807) is 31.3 Å². The van der Waals surface area contributed by atoms with Gasteiger partial charge in [-0.15, -0.1) is 0 Å². The van der Waals surface area contributed by atoms with Crippen molar-refractivity contribution in [3.8, 4) is 11.5 Å². The fraction of sp³-hybridized carbons (Fsp3) is 0.217. The van der Waals surface area contributed by atoms with Crippen molar-refractivity contribution in [1.82, 2.24) is 4.57 Å². The lowest BCUT2D eigenvalue weighted by Crippen LogP contribution is -2.20. The molecule has 0 unspecified atom stereocenters. The first-order valence-electron chi connectivity index (χ1n) is 9.54. The number of nitrogens with one attached hydrogen (secondary N) is 1. The predicted molar refractivity (Wildman–Crippen MR) is 115 cm³/mol. The van der Waals surface area contributed by atoms with Crippen LogP contribution >= 0.6 is 0 Å². The quantitative estimate of drug-likeness (QED) is 0.469. The van der Waals surface area contributed by atoms with E-state index < -0.39 is 5.56 Å². The van der Waals surface area contributed by atoms with Gasteiger partial charge in [0.2, 0.25) is 11.7 Å². The van der Waals surface area contributed by atoms with Crippen molar-refractivity contribution in [3.05, 3.63) is 70.5 Å². The summed E-state index contributed by atoms with van der Waals surface area (Å²) < 4.78 is 6.91. The van der Waals surface area contributed by atoms with Gasteiger partial charge in [-0.05, 0) is 36.3 Å². The van der Waals surface area contributed by atoms with Gasteiger partial charge in [0.1, 0.15) is 0 Å². The maximum atomic E-state index is 12.6. The number of unbranched alkanes of at least 4 members (excludes halogenated alkanes) is 1. The molecule has 1 aromatic heterocycles. The van der Waals surface area contributed by atoms with Gasteiger partial charge in [-0.3, -0.25) is 9.59 Å². The van der Waals surface area contributed by atoms with Crippen LogP contribution in [0.2, 0.25) is 0 Å². The van der Waals surface area contributed by atoms with Crippen molar-refractivity contribution in [3.63, 3.8) is 0 Å². The topological polar surface area (TPSA) is 80.6 Å². The van der Waals surface area contributed by atoms with Crippen molar-refractivity contribution < 1.29 is 14.6 Å². The van der Waals surface area contributed by atoms with E-state index in [9.17, 15) is 14.7 Å². The van der Waals surface area contributed by atoms with Crippen molar-refractivity contribution in [1.29, 1.82) is 0 Å². The van der Waals surface area contributed by atoms with Gasteiger partial charge < -0.3 is 19.7 Å². The summed E-state index contributed by atoms with van der Waals surface area (Å²) in [6.45, 7) is 2.39. The molecule has 2 aromatic carbocycles. The molecule has 6 nitrogen and oxygen atoms in total. The highest BCUT2D eigenvalue weighted by Gasteiger charge is 2.16. The molecule has 150 valence electrons. The number of hydrogen-bond donors (Lipinski definition) is 2. The monoisotopic (exact) mass is 392 g/mol. The summed E-state index contributed by atoms with van der Waals surface area (Å²) in [5, 5.41) is 13.8. The lowest BCUT2D eigenvalue weighted by Gasteiger charge is -2.13. The van der Waals surface area contributed by atoms with Gasteiger partial charge in [-0.1, -0.05) is 43.7 Å². The summed E-state index contributed by atoms with van der Waals surface area (Å²) >= 11 is 0. The van der Waals surface area contributed by atoms with Crippen molar-refractivity contribution in [2.75, 3.05) is 11.9 Å². The highest BCUT2D eigenvalue weighted by atomic mass is 16.5. The lowest BCUT2D eigenvalue weighted by atomic mass is 10.1. The minimum absolute atomic E-state index is 0.0453. The molecule has 2 N–H and O–H groups in total. The fourth-order valence-corrected chi connectivity index (χ4v) is 2.94. The van der Waals surface area contributed by atoms with Crippen LogP contribution < -0.4 is 15.6 Å². The number of carbonyl (C=O) groups is 1. The molecule has 0 atom stereocenters. The Labute approximate surface area is 169 Å². The largest absolute Gasteiger partial charge is 0.504 e. The number of nitrogens with zero attached hydrogens (tertiary/aromatic N) is 1. The van der Waals surface area contributed by atoms with Crippen LogP contribution in [-0.4, -0.2) is 22.2 Å². The second-order valence-corrected chi connectivity index (χ2v) is 6.71. The van der Waals surface area contributed by atoms with Gasteiger partial charge in [-0.2, -0.15) is 0 Å². The van der Waals surface area contributed by atoms with E-state index in [2.05, 4.69) is 5.32 Å². The molecule has 0 saturated carbocycles. The average molecular weight is 392 g/mol. The Morgan fingerprint density at radius 2 is 1.97 bits per heavy atom. The molecule has 0 saturated heterocycles. The van der Waals surface area contributed by atoms with Crippen molar-refractivity contribution >= 4 is 28.6 Å². The molecular weight excluding hydrogens is 368 g/mol. The van der Waals surface area contributed by atoms with Gasteiger partial charge in [0.25, 0.3) is 5.56 Å². The number of aromatic hydroxyl groups is 1. The Morgan fingerprint density at radius 1 is 1.21 bits per heavy atom. The molecule has 0 aliphatic rings. The summed E-state index contributed by atoms with van der Waals surface area (Å²) in [6.07, 6.45) is 4.89. The number of amides is 1. The number of ether oxygens (including phenoxy) is 1. The van der Waals surface area contributed by atoms with Crippen LogP contribution in [0.4, 0.5) is 5.69 Å².